The summed E-state index contributed by atoms with van der Waals surface area (Å²) in [6.07, 6.45) is 2.19. The van der Waals surface area contributed by atoms with E-state index in [-0.39, 0.29) is 0 Å². The first-order chi connectivity index (χ1) is 13.0. The standard InChI is InChI=1S/C20H18N4O3/c1-3-14-17(20(22)25)16-10(6-7-15(26-2)19(16)27-14)13-9-11(21)18-12(24-13)5-4-8-23-18/h4-9H,3H2,1-2H3,(H2,21,24)(H2,22,25). The van der Waals surface area contributed by atoms with E-state index in [0.717, 1.165) is 0 Å². The van der Waals surface area contributed by atoms with Crippen molar-refractivity contribution in [1.29, 1.82) is 0 Å². The van der Waals surface area contributed by atoms with E-state index in [1.165, 1.54) is 0 Å². The Bertz CT molecular complexity index is 1200. The summed E-state index contributed by atoms with van der Waals surface area (Å²) in [5.41, 5.74) is 15.7. The molecule has 0 saturated carbocycles. The molecule has 3 heterocycles. The molecule has 0 atom stereocenters. The Kier molecular flexibility index (Phi) is 3.92. The highest BCUT2D eigenvalue weighted by Crippen LogP contribution is 2.40. The summed E-state index contributed by atoms with van der Waals surface area (Å²) in [6.45, 7) is 1.90. The molecule has 1 aromatic carbocycles. The molecular formula is C20H18N4O3. The Hall–Kier alpha value is -3.61. The lowest BCUT2D eigenvalue weighted by Gasteiger charge is -2.09. The average Bonchev–Trinajstić information content (AvgIpc) is 3.07. The molecule has 0 bridgehead atoms. The smallest absolute Gasteiger partial charge is 0.252 e. The van der Waals surface area contributed by atoms with Crippen LogP contribution in [0.1, 0.15) is 23.0 Å². The SMILES string of the molecule is CCc1oc2c(OC)ccc(-c3cc(N)c4ncccc4n3)c2c1C(N)=O. The predicted octanol–water partition coefficient (Wildman–Crippen LogP) is 3.30. The van der Waals surface area contributed by atoms with Gasteiger partial charge >= 0.3 is 0 Å². The second-order valence-electron chi connectivity index (χ2n) is 6.11. The Labute approximate surface area is 155 Å². The van der Waals surface area contributed by atoms with Crippen molar-refractivity contribution in [2.24, 2.45) is 5.73 Å². The number of primary amides is 1. The molecule has 0 spiro atoms. The maximum atomic E-state index is 12.2. The third kappa shape index (κ3) is 2.55. The summed E-state index contributed by atoms with van der Waals surface area (Å²) in [6, 6.07) is 8.97. The van der Waals surface area contributed by atoms with E-state index in [0.29, 0.717) is 62.4 Å². The van der Waals surface area contributed by atoms with E-state index in [1.807, 2.05) is 19.1 Å². The number of aromatic nitrogens is 2. The minimum atomic E-state index is -0.560. The molecule has 4 N–H and O–H groups in total. The lowest BCUT2D eigenvalue weighted by molar-refractivity contribution is 0.1000. The zero-order valence-electron chi connectivity index (χ0n) is 14.9. The lowest BCUT2D eigenvalue weighted by atomic mass is 9.99. The van der Waals surface area contributed by atoms with Gasteiger partial charge in [0.05, 0.1) is 29.6 Å². The third-order valence-electron chi connectivity index (χ3n) is 4.53. The van der Waals surface area contributed by atoms with Gasteiger partial charge in [-0.3, -0.25) is 9.78 Å². The van der Waals surface area contributed by atoms with Gasteiger partial charge in [-0.15, -0.1) is 0 Å². The Balaban J connectivity index is 2.11. The van der Waals surface area contributed by atoms with Crippen LogP contribution in [0.3, 0.4) is 0 Å². The number of nitrogen functional groups attached to an aromatic ring is 1. The number of fused-ring (bicyclic) bond motifs is 2. The van der Waals surface area contributed by atoms with Gasteiger partial charge in [0.25, 0.3) is 5.91 Å². The van der Waals surface area contributed by atoms with Crippen LogP contribution in [0.5, 0.6) is 5.75 Å². The van der Waals surface area contributed by atoms with Crippen molar-refractivity contribution < 1.29 is 13.9 Å². The molecule has 7 heteroatoms. The highest BCUT2D eigenvalue weighted by molar-refractivity contribution is 6.13. The number of methoxy groups -OCH3 is 1. The summed E-state index contributed by atoms with van der Waals surface area (Å²) < 4.78 is 11.3. The van der Waals surface area contributed by atoms with Crippen molar-refractivity contribution in [2.75, 3.05) is 12.8 Å². The van der Waals surface area contributed by atoms with Gasteiger partial charge in [0.15, 0.2) is 11.3 Å². The number of aryl methyl sites for hydroxylation is 1. The number of nitrogens with two attached hydrogens (primary N) is 2. The molecule has 1 amide bonds. The van der Waals surface area contributed by atoms with Crippen LogP contribution >= 0.6 is 0 Å². The zero-order chi connectivity index (χ0) is 19.1. The number of furan rings is 1. The number of rotatable bonds is 4. The minimum absolute atomic E-state index is 0.341. The van der Waals surface area contributed by atoms with E-state index in [4.69, 9.17) is 20.6 Å². The normalized spacial score (nSPS) is 11.2. The number of hydrogen-bond donors (Lipinski definition) is 2. The number of benzene rings is 1. The molecule has 0 aliphatic rings. The number of anilines is 1. The molecular weight excluding hydrogens is 344 g/mol. The first-order valence-corrected chi connectivity index (χ1v) is 8.49. The first kappa shape index (κ1) is 16.8. The summed E-state index contributed by atoms with van der Waals surface area (Å²) >= 11 is 0. The van der Waals surface area contributed by atoms with Crippen LogP contribution in [0.4, 0.5) is 5.69 Å². The van der Waals surface area contributed by atoms with Gasteiger partial charge in [0.1, 0.15) is 11.3 Å². The zero-order valence-corrected chi connectivity index (χ0v) is 14.9. The van der Waals surface area contributed by atoms with Crippen LogP contribution in [0.2, 0.25) is 0 Å². The van der Waals surface area contributed by atoms with Crippen molar-refractivity contribution in [3.63, 3.8) is 0 Å². The molecule has 3 aromatic heterocycles. The van der Waals surface area contributed by atoms with Crippen LogP contribution in [-0.4, -0.2) is 23.0 Å². The van der Waals surface area contributed by atoms with Gasteiger partial charge < -0.3 is 20.6 Å². The fourth-order valence-corrected chi connectivity index (χ4v) is 3.34. The third-order valence-corrected chi connectivity index (χ3v) is 4.53. The summed E-state index contributed by atoms with van der Waals surface area (Å²) in [5.74, 6) is 0.473. The van der Waals surface area contributed by atoms with Crippen LogP contribution in [-0.2, 0) is 6.42 Å². The van der Waals surface area contributed by atoms with E-state index < -0.39 is 5.91 Å². The van der Waals surface area contributed by atoms with Crippen molar-refractivity contribution in [2.45, 2.75) is 13.3 Å². The number of ether oxygens (including phenoxy) is 1. The van der Waals surface area contributed by atoms with Crippen LogP contribution < -0.4 is 16.2 Å². The monoisotopic (exact) mass is 362 g/mol. The first-order valence-electron chi connectivity index (χ1n) is 8.49. The summed E-state index contributed by atoms with van der Waals surface area (Å²) in [4.78, 5) is 21.1. The second kappa shape index (κ2) is 6.28. The number of nitrogens with zero attached hydrogens (tertiary/aromatic N) is 2. The van der Waals surface area contributed by atoms with E-state index in [2.05, 4.69) is 9.97 Å². The second-order valence-corrected chi connectivity index (χ2v) is 6.11. The molecule has 0 fully saturated rings. The summed E-state index contributed by atoms with van der Waals surface area (Å²) in [7, 11) is 1.55. The van der Waals surface area contributed by atoms with E-state index in [9.17, 15) is 4.79 Å². The fraction of sp³-hybridized carbons (Fsp3) is 0.150. The van der Waals surface area contributed by atoms with Crippen molar-refractivity contribution >= 4 is 33.6 Å². The molecule has 0 aliphatic heterocycles. The molecule has 7 nitrogen and oxygen atoms in total. The Morgan fingerprint density at radius 2 is 2.11 bits per heavy atom. The molecule has 27 heavy (non-hydrogen) atoms. The molecule has 0 unspecified atom stereocenters. The van der Waals surface area contributed by atoms with Gasteiger partial charge in [0, 0.05) is 23.6 Å². The maximum absolute atomic E-state index is 12.2. The topological polar surface area (TPSA) is 117 Å². The van der Waals surface area contributed by atoms with Gasteiger partial charge in [-0.2, -0.15) is 0 Å². The highest BCUT2D eigenvalue weighted by Gasteiger charge is 2.24. The molecule has 0 radical (unpaired) electrons. The number of carbonyl (C=O) groups excluding carboxylic acids is 1. The van der Waals surface area contributed by atoms with Crippen molar-refractivity contribution in [1.82, 2.24) is 9.97 Å². The quantitative estimate of drug-likeness (QED) is 0.575. The molecule has 0 saturated heterocycles. The van der Waals surface area contributed by atoms with E-state index >= 15 is 0 Å². The highest BCUT2D eigenvalue weighted by atomic mass is 16.5. The lowest BCUT2D eigenvalue weighted by Crippen LogP contribution is -2.12. The number of hydrogen-bond acceptors (Lipinski definition) is 6. The number of carbonyl (C=O) groups is 1. The molecule has 0 aliphatic carbocycles. The Morgan fingerprint density at radius 3 is 2.81 bits per heavy atom. The summed E-state index contributed by atoms with van der Waals surface area (Å²) in [5, 5.41) is 0.578. The van der Waals surface area contributed by atoms with E-state index in [1.54, 1.807) is 31.5 Å². The minimum Gasteiger partial charge on any atom is -0.493 e. The largest absolute Gasteiger partial charge is 0.493 e. The molecule has 136 valence electrons. The van der Waals surface area contributed by atoms with Crippen molar-refractivity contribution in [3.05, 3.63) is 47.9 Å². The van der Waals surface area contributed by atoms with Gasteiger partial charge in [0.2, 0.25) is 0 Å². The molecule has 4 rings (SSSR count). The van der Waals surface area contributed by atoms with Gasteiger partial charge in [-0.1, -0.05) is 6.92 Å². The van der Waals surface area contributed by atoms with Crippen molar-refractivity contribution in [3.8, 4) is 17.0 Å². The number of amides is 1. The Morgan fingerprint density at radius 1 is 1.30 bits per heavy atom. The average molecular weight is 362 g/mol. The molecule has 4 aromatic rings. The number of pyridine rings is 2. The fourth-order valence-electron chi connectivity index (χ4n) is 3.34. The maximum Gasteiger partial charge on any atom is 0.252 e. The van der Waals surface area contributed by atoms with Gasteiger partial charge in [-0.05, 0) is 30.3 Å². The van der Waals surface area contributed by atoms with Crippen LogP contribution in [0.25, 0.3) is 33.3 Å². The van der Waals surface area contributed by atoms with Crippen LogP contribution in [0.15, 0.2) is 40.9 Å². The predicted molar refractivity (Wildman–Crippen MR) is 104 cm³/mol. The van der Waals surface area contributed by atoms with Crippen LogP contribution in [0, 0.1) is 0 Å². The van der Waals surface area contributed by atoms with Gasteiger partial charge in [-0.25, -0.2) is 4.98 Å².